The number of halogens is 3. The fraction of sp³-hybridized carbons (Fsp3) is 0.389. The number of ether oxygens (including phenoxy) is 1. The van der Waals surface area contributed by atoms with Crippen molar-refractivity contribution in [1.82, 2.24) is 4.90 Å². The number of carbonyl (C=O) groups is 1. The summed E-state index contributed by atoms with van der Waals surface area (Å²) in [6.45, 7) is 5.12. The van der Waals surface area contributed by atoms with Crippen LogP contribution in [-0.4, -0.2) is 29.8 Å². The van der Waals surface area contributed by atoms with Crippen molar-refractivity contribution in [3.8, 4) is 0 Å². The summed E-state index contributed by atoms with van der Waals surface area (Å²) in [6.07, 6.45) is -4.56. The van der Waals surface area contributed by atoms with Gasteiger partial charge in [-0.15, -0.1) is 0 Å². The Labute approximate surface area is 144 Å². The number of allylic oxidation sites excluding steroid dienone is 3. The van der Waals surface area contributed by atoms with Crippen LogP contribution in [0.5, 0.6) is 0 Å². The lowest BCUT2D eigenvalue weighted by Crippen LogP contribution is -2.33. The van der Waals surface area contributed by atoms with Gasteiger partial charge >= 0.3 is 12.1 Å². The van der Waals surface area contributed by atoms with Gasteiger partial charge in [0.1, 0.15) is 6.73 Å². The van der Waals surface area contributed by atoms with Gasteiger partial charge in [0.2, 0.25) is 0 Å². The summed E-state index contributed by atoms with van der Waals surface area (Å²) in [4.78, 5) is 13.5. The molecule has 0 spiro atoms. The summed E-state index contributed by atoms with van der Waals surface area (Å²) >= 11 is 0. The number of methoxy groups -OCH3 is 1. The number of alkyl halides is 3. The summed E-state index contributed by atoms with van der Waals surface area (Å²) in [7, 11) is 1.47. The van der Waals surface area contributed by atoms with Crippen LogP contribution in [0.25, 0.3) is 0 Å². The molecule has 0 fully saturated rings. The van der Waals surface area contributed by atoms with Crippen LogP contribution in [-0.2, 0) is 15.7 Å². The smallest absolute Gasteiger partial charge is 0.416 e. The van der Waals surface area contributed by atoms with Gasteiger partial charge in [0.05, 0.1) is 11.1 Å². The molecule has 136 valence electrons. The van der Waals surface area contributed by atoms with Crippen molar-refractivity contribution in [1.29, 1.82) is 0 Å². The molecule has 0 amide bonds. The Bertz CT molecular complexity index is 750. The normalized spacial score (nSPS) is 18.8. The molecule has 2 rings (SSSR count). The number of nitrogens with zero attached hydrogens (tertiary/aromatic N) is 1. The average molecular weight is 355 g/mol. The molecular weight excluding hydrogens is 335 g/mol. The first-order valence-electron chi connectivity index (χ1n) is 7.65. The molecule has 0 saturated heterocycles. The van der Waals surface area contributed by atoms with E-state index in [1.54, 1.807) is 25.7 Å². The first kappa shape index (κ1) is 19.1. The molecule has 1 aliphatic rings. The maximum Gasteiger partial charge on any atom is 0.416 e. The second-order valence-corrected chi connectivity index (χ2v) is 5.94. The molecule has 1 unspecified atom stereocenters. The van der Waals surface area contributed by atoms with Crippen LogP contribution in [0.15, 0.2) is 46.8 Å². The highest BCUT2D eigenvalue weighted by Crippen LogP contribution is 2.45. The number of benzene rings is 1. The quantitative estimate of drug-likeness (QED) is 0.872. The SMILES string of the molecule is COCN1C(C)=C(C)C(c2ccccc2C(F)(F)F)C(C(=O)O)=C1C. The van der Waals surface area contributed by atoms with Crippen molar-refractivity contribution in [3.63, 3.8) is 0 Å². The van der Waals surface area contributed by atoms with Gasteiger partial charge in [-0.25, -0.2) is 4.79 Å². The molecular formula is C18H20F3NO3. The van der Waals surface area contributed by atoms with Gasteiger partial charge in [0, 0.05) is 24.4 Å². The Kier molecular flexibility index (Phi) is 5.27. The molecule has 7 heteroatoms. The summed E-state index contributed by atoms with van der Waals surface area (Å²) in [5, 5.41) is 9.69. The third kappa shape index (κ3) is 3.42. The Morgan fingerprint density at radius 2 is 1.80 bits per heavy atom. The van der Waals surface area contributed by atoms with Gasteiger partial charge in [-0.05, 0) is 38.0 Å². The zero-order valence-electron chi connectivity index (χ0n) is 14.4. The van der Waals surface area contributed by atoms with E-state index in [2.05, 4.69) is 0 Å². The first-order valence-corrected chi connectivity index (χ1v) is 7.65. The molecule has 1 aliphatic heterocycles. The molecule has 1 atom stereocenters. The van der Waals surface area contributed by atoms with Crippen molar-refractivity contribution in [2.45, 2.75) is 32.9 Å². The summed E-state index contributed by atoms with van der Waals surface area (Å²) in [6, 6.07) is 5.11. The monoisotopic (exact) mass is 355 g/mol. The van der Waals surface area contributed by atoms with Gasteiger partial charge < -0.3 is 14.7 Å². The second kappa shape index (κ2) is 6.92. The van der Waals surface area contributed by atoms with Crippen molar-refractivity contribution in [3.05, 3.63) is 57.9 Å². The van der Waals surface area contributed by atoms with E-state index < -0.39 is 23.6 Å². The highest BCUT2D eigenvalue weighted by atomic mass is 19.4. The molecule has 1 aromatic rings. The molecule has 4 nitrogen and oxygen atoms in total. The topological polar surface area (TPSA) is 49.8 Å². The standard InChI is InChI=1S/C18H20F3NO3/c1-10-11(2)22(9-25-4)12(3)16(17(23)24)15(10)13-7-5-6-8-14(13)18(19,20)21/h5-8,15H,9H2,1-4H3,(H,23,24). The zero-order valence-corrected chi connectivity index (χ0v) is 14.4. The third-order valence-electron chi connectivity index (χ3n) is 4.56. The first-order chi connectivity index (χ1) is 11.6. The van der Waals surface area contributed by atoms with Crippen LogP contribution < -0.4 is 0 Å². The van der Waals surface area contributed by atoms with Crippen LogP contribution in [0, 0.1) is 0 Å². The Morgan fingerprint density at radius 1 is 1.20 bits per heavy atom. The molecule has 0 bridgehead atoms. The minimum Gasteiger partial charge on any atom is -0.478 e. The largest absolute Gasteiger partial charge is 0.478 e. The molecule has 1 aromatic carbocycles. The van der Waals surface area contributed by atoms with Crippen molar-refractivity contribution in [2.75, 3.05) is 13.8 Å². The van der Waals surface area contributed by atoms with Crippen molar-refractivity contribution >= 4 is 5.97 Å². The lowest BCUT2D eigenvalue weighted by atomic mass is 9.79. The van der Waals surface area contributed by atoms with Crippen LogP contribution >= 0.6 is 0 Å². The van der Waals surface area contributed by atoms with E-state index in [-0.39, 0.29) is 17.9 Å². The fourth-order valence-corrected chi connectivity index (χ4v) is 3.24. The van der Waals surface area contributed by atoms with Gasteiger partial charge in [0.15, 0.2) is 0 Å². The number of hydrogen-bond donors (Lipinski definition) is 1. The van der Waals surface area contributed by atoms with Crippen molar-refractivity contribution < 1.29 is 27.8 Å². The van der Waals surface area contributed by atoms with E-state index in [9.17, 15) is 23.1 Å². The zero-order chi connectivity index (χ0) is 18.9. The van der Waals surface area contributed by atoms with Crippen LogP contribution in [0.1, 0.15) is 37.8 Å². The third-order valence-corrected chi connectivity index (χ3v) is 4.56. The number of rotatable bonds is 4. The van der Waals surface area contributed by atoms with Crippen LogP contribution in [0.4, 0.5) is 13.2 Å². The van der Waals surface area contributed by atoms with Gasteiger partial charge in [-0.3, -0.25) is 0 Å². The average Bonchev–Trinajstić information content (AvgIpc) is 2.53. The number of hydrogen-bond acceptors (Lipinski definition) is 3. The van der Waals surface area contributed by atoms with Crippen molar-refractivity contribution in [2.24, 2.45) is 0 Å². The van der Waals surface area contributed by atoms with E-state index in [1.807, 2.05) is 0 Å². The number of aliphatic carboxylic acids is 1. The lowest BCUT2D eigenvalue weighted by molar-refractivity contribution is -0.139. The van der Waals surface area contributed by atoms with E-state index in [1.165, 1.54) is 25.3 Å². The van der Waals surface area contributed by atoms with Crippen LogP contribution in [0.3, 0.4) is 0 Å². The molecule has 0 aliphatic carbocycles. The van der Waals surface area contributed by atoms with Gasteiger partial charge in [0.25, 0.3) is 0 Å². The summed E-state index contributed by atoms with van der Waals surface area (Å²) in [5.41, 5.74) is 0.666. The van der Waals surface area contributed by atoms with E-state index in [0.717, 1.165) is 6.07 Å². The van der Waals surface area contributed by atoms with Crippen LogP contribution in [0.2, 0.25) is 0 Å². The minimum absolute atomic E-state index is 0.0549. The Balaban J connectivity index is 2.74. The highest BCUT2D eigenvalue weighted by Gasteiger charge is 2.40. The minimum atomic E-state index is -4.56. The van der Waals surface area contributed by atoms with Gasteiger partial charge in [-0.2, -0.15) is 13.2 Å². The second-order valence-electron chi connectivity index (χ2n) is 5.94. The predicted octanol–water partition coefficient (Wildman–Crippen LogP) is 4.36. The molecule has 0 aromatic heterocycles. The maximum atomic E-state index is 13.4. The molecule has 0 radical (unpaired) electrons. The number of carboxylic acids is 1. The lowest BCUT2D eigenvalue weighted by Gasteiger charge is -2.37. The van der Waals surface area contributed by atoms with E-state index >= 15 is 0 Å². The van der Waals surface area contributed by atoms with Gasteiger partial charge in [-0.1, -0.05) is 18.2 Å². The summed E-state index contributed by atoms with van der Waals surface area (Å²) in [5.74, 6) is -2.21. The fourth-order valence-electron chi connectivity index (χ4n) is 3.24. The predicted molar refractivity (Wildman–Crippen MR) is 86.6 cm³/mol. The highest BCUT2D eigenvalue weighted by molar-refractivity contribution is 5.91. The molecule has 1 heterocycles. The molecule has 1 N–H and O–H groups in total. The van der Waals surface area contributed by atoms with E-state index in [0.29, 0.717) is 17.0 Å². The molecule has 25 heavy (non-hydrogen) atoms. The van der Waals surface area contributed by atoms with E-state index in [4.69, 9.17) is 4.74 Å². The molecule has 0 saturated carbocycles. The Morgan fingerprint density at radius 3 is 2.32 bits per heavy atom. The Hall–Kier alpha value is -2.28. The summed E-state index contributed by atoms with van der Waals surface area (Å²) < 4.78 is 45.4. The number of carboxylic acid groups (broad SMARTS) is 1. The maximum absolute atomic E-state index is 13.4.